The molecule has 0 bridgehead atoms. The Hall–Kier alpha value is -2.31. The second-order valence-corrected chi connectivity index (χ2v) is 5.09. The summed E-state index contributed by atoms with van der Waals surface area (Å²) in [5, 5.41) is 9.79. The highest BCUT2D eigenvalue weighted by molar-refractivity contribution is 5.92. The summed E-state index contributed by atoms with van der Waals surface area (Å²) in [6, 6.07) is 3.24. The van der Waals surface area contributed by atoms with Gasteiger partial charge in [0.1, 0.15) is 11.6 Å². The molecule has 2 heterocycles. The first-order valence-corrected chi connectivity index (χ1v) is 6.76. The molecule has 0 spiro atoms. The van der Waals surface area contributed by atoms with Gasteiger partial charge in [0.05, 0.1) is 6.20 Å². The van der Waals surface area contributed by atoms with Crippen molar-refractivity contribution in [3.05, 3.63) is 47.3 Å². The number of hydrogen-bond donors (Lipinski definition) is 1. The molecule has 0 radical (unpaired) electrons. The van der Waals surface area contributed by atoms with Crippen molar-refractivity contribution in [2.45, 2.75) is 25.3 Å². The van der Waals surface area contributed by atoms with Crippen molar-refractivity contribution in [3.8, 4) is 0 Å². The van der Waals surface area contributed by atoms with E-state index in [1.54, 1.807) is 4.90 Å². The molecule has 1 saturated heterocycles. The van der Waals surface area contributed by atoms with Gasteiger partial charge < -0.3 is 4.90 Å². The number of aromatic amines is 1. The largest absolute Gasteiger partial charge is 0.334 e. The van der Waals surface area contributed by atoms with E-state index in [0.717, 1.165) is 25.0 Å². The fourth-order valence-corrected chi connectivity index (χ4v) is 2.72. The van der Waals surface area contributed by atoms with Gasteiger partial charge in [0.25, 0.3) is 5.91 Å². The molecular weight excluding hydrogens is 278 g/mol. The molecule has 1 aliphatic heterocycles. The maximum atomic E-state index is 13.7. The van der Waals surface area contributed by atoms with E-state index in [1.165, 1.54) is 12.3 Å². The lowest BCUT2D eigenvalue weighted by molar-refractivity contribution is 0.0730. The summed E-state index contributed by atoms with van der Waals surface area (Å²) >= 11 is 0. The maximum absolute atomic E-state index is 13.7. The van der Waals surface area contributed by atoms with Crippen LogP contribution >= 0.6 is 0 Å². The molecule has 1 aliphatic rings. The Labute approximate surface area is 120 Å². The van der Waals surface area contributed by atoms with E-state index < -0.39 is 11.6 Å². The van der Waals surface area contributed by atoms with E-state index in [2.05, 4.69) is 15.4 Å². The first kappa shape index (κ1) is 13.7. The van der Waals surface area contributed by atoms with Crippen molar-refractivity contribution < 1.29 is 13.6 Å². The van der Waals surface area contributed by atoms with Crippen LogP contribution in [0.1, 0.15) is 28.9 Å². The van der Waals surface area contributed by atoms with Crippen molar-refractivity contribution in [1.29, 1.82) is 0 Å². The Balaban J connectivity index is 1.78. The number of benzene rings is 1. The number of nitrogens with zero attached hydrogens (tertiary/aromatic N) is 3. The molecule has 21 heavy (non-hydrogen) atoms. The van der Waals surface area contributed by atoms with Gasteiger partial charge in [0.15, 0.2) is 5.69 Å². The number of carbonyl (C=O) groups is 1. The molecule has 110 valence electrons. The van der Waals surface area contributed by atoms with Gasteiger partial charge in [-0.2, -0.15) is 15.4 Å². The Kier molecular flexibility index (Phi) is 3.64. The van der Waals surface area contributed by atoms with E-state index >= 15 is 0 Å². The van der Waals surface area contributed by atoms with Crippen LogP contribution in [0.15, 0.2) is 24.4 Å². The number of likely N-dealkylation sites (tertiary alicyclic amines) is 1. The van der Waals surface area contributed by atoms with Crippen molar-refractivity contribution >= 4 is 5.91 Å². The monoisotopic (exact) mass is 292 g/mol. The molecule has 0 saturated carbocycles. The number of halogens is 2. The van der Waals surface area contributed by atoms with E-state index in [4.69, 9.17) is 0 Å². The number of aromatic nitrogens is 3. The number of H-pyrrole nitrogens is 1. The SMILES string of the molecule is O=C(c1cn[nH]n1)N1CCCC1Cc1cc(F)ccc1F. The Morgan fingerprint density at radius 3 is 3.05 bits per heavy atom. The third-order valence-electron chi connectivity index (χ3n) is 3.74. The van der Waals surface area contributed by atoms with Gasteiger partial charge in [0, 0.05) is 12.6 Å². The van der Waals surface area contributed by atoms with E-state index in [1.807, 2.05) is 0 Å². The average molecular weight is 292 g/mol. The molecule has 1 fully saturated rings. The van der Waals surface area contributed by atoms with E-state index in [9.17, 15) is 13.6 Å². The Morgan fingerprint density at radius 2 is 2.29 bits per heavy atom. The predicted molar refractivity (Wildman–Crippen MR) is 70.5 cm³/mol. The summed E-state index contributed by atoms with van der Waals surface area (Å²) in [7, 11) is 0. The highest BCUT2D eigenvalue weighted by Crippen LogP contribution is 2.24. The third-order valence-corrected chi connectivity index (χ3v) is 3.74. The van der Waals surface area contributed by atoms with Gasteiger partial charge in [-0.1, -0.05) is 0 Å². The fourth-order valence-electron chi connectivity index (χ4n) is 2.72. The molecule has 1 unspecified atom stereocenters. The van der Waals surface area contributed by atoms with Crippen LogP contribution in [0, 0.1) is 11.6 Å². The molecule has 3 rings (SSSR count). The topological polar surface area (TPSA) is 61.9 Å². The van der Waals surface area contributed by atoms with Gasteiger partial charge in [-0.15, -0.1) is 0 Å². The zero-order valence-corrected chi connectivity index (χ0v) is 11.2. The molecule has 1 aromatic carbocycles. The second kappa shape index (κ2) is 5.59. The van der Waals surface area contributed by atoms with Crippen LogP contribution in [0.4, 0.5) is 8.78 Å². The first-order valence-electron chi connectivity index (χ1n) is 6.76. The van der Waals surface area contributed by atoms with Crippen LogP contribution in [0.3, 0.4) is 0 Å². The predicted octanol–water partition coefficient (Wildman–Crippen LogP) is 1.93. The highest BCUT2D eigenvalue weighted by Gasteiger charge is 2.31. The second-order valence-electron chi connectivity index (χ2n) is 5.09. The number of hydrogen-bond acceptors (Lipinski definition) is 3. The number of amides is 1. The number of carbonyl (C=O) groups excluding carboxylic acids is 1. The molecule has 1 amide bonds. The standard InChI is InChI=1S/C14H14F2N4O/c15-10-3-4-12(16)9(6-10)7-11-2-1-5-20(11)14(21)13-8-17-19-18-13/h3-4,6,8,11H,1-2,5,7H2,(H,17,18,19). The van der Waals surface area contributed by atoms with Crippen molar-refractivity contribution in [1.82, 2.24) is 20.3 Å². The molecule has 7 heteroatoms. The van der Waals surface area contributed by atoms with Gasteiger partial charge in [0.2, 0.25) is 0 Å². The highest BCUT2D eigenvalue weighted by atomic mass is 19.1. The smallest absolute Gasteiger partial charge is 0.276 e. The molecule has 2 aromatic rings. The molecule has 5 nitrogen and oxygen atoms in total. The van der Waals surface area contributed by atoms with Crippen molar-refractivity contribution in [3.63, 3.8) is 0 Å². The molecule has 1 N–H and O–H groups in total. The lowest BCUT2D eigenvalue weighted by Gasteiger charge is -2.24. The minimum absolute atomic E-state index is 0.148. The van der Waals surface area contributed by atoms with Crippen molar-refractivity contribution in [2.24, 2.45) is 0 Å². The summed E-state index contributed by atoms with van der Waals surface area (Å²) in [6.45, 7) is 0.591. The zero-order valence-electron chi connectivity index (χ0n) is 11.2. The van der Waals surface area contributed by atoms with Gasteiger partial charge in [-0.25, -0.2) is 8.78 Å². The van der Waals surface area contributed by atoms with Crippen LogP contribution in [-0.2, 0) is 6.42 Å². The van der Waals surface area contributed by atoms with Gasteiger partial charge in [-0.05, 0) is 43.0 Å². The molecular formula is C14H14F2N4O. The van der Waals surface area contributed by atoms with Crippen LogP contribution in [0.2, 0.25) is 0 Å². The van der Waals surface area contributed by atoms with Crippen LogP contribution in [0.5, 0.6) is 0 Å². The summed E-state index contributed by atoms with van der Waals surface area (Å²) in [5.74, 6) is -1.15. The van der Waals surface area contributed by atoms with Crippen molar-refractivity contribution in [2.75, 3.05) is 6.54 Å². The van der Waals surface area contributed by atoms with Crippen LogP contribution in [0.25, 0.3) is 0 Å². The minimum Gasteiger partial charge on any atom is -0.334 e. The lowest BCUT2D eigenvalue weighted by Crippen LogP contribution is -2.37. The van der Waals surface area contributed by atoms with E-state index in [0.29, 0.717) is 18.5 Å². The third kappa shape index (κ3) is 2.76. The normalized spacial score (nSPS) is 18.2. The molecule has 0 aliphatic carbocycles. The Morgan fingerprint density at radius 1 is 1.43 bits per heavy atom. The maximum Gasteiger partial charge on any atom is 0.276 e. The van der Waals surface area contributed by atoms with Crippen LogP contribution in [-0.4, -0.2) is 38.8 Å². The lowest BCUT2D eigenvalue weighted by atomic mass is 10.0. The van der Waals surface area contributed by atoms with Gasteiger partial charge in [-0.3, -0.25) is 4.79 Å². The first-order chi connectivity index (χ1) is 10.1. The number of nitrogens with one attached hydrogen (secondary N) is 1. The average Bonchev–Trinajstić information content (AvgIpc) is 3.13. The quantitative estimate of drug-likeness (QED) is 0.940. The Bertz CT molecular complexity index is 644. The summed E-state index contributed by atoms with van der Waals surface area (Å²) < 4.78 is 27.0. The number of rotatable bonds is 3. The molecule has 1 atom stereocenters. The molecule has 1 aromatic heterocycles. The van der Waals surface area contributed by atoms with E-state index in [-0.39, 0.29) is 17.6 Å². The zero-order chi connectivity index (χ0) is 14.8. The van der Waals surface area contributed by atoms with Gasteiger partial charge >= 0.3 is 0 Å². The van der Waals surface area contributed by atoms with Crippen LogP contribution < -0.4 is 0 Å². The summed E-state index contributed by atoms with van der Waals surface area (Å²) in [5.41, 5.74) is 0.529. The summed E-state index contributed by atoms with van der Waals surface area (Å²) in [4.78, 5) is 14.0. The summed E-state index contributed by atoms with van der Waals surface area (Å²) in [6.07, 6.45) is 3.26. The fraction of sp³-hybridized carbons (Fsp3) is 0.357. The minimum atomic E-state index is -0.473.